The van der Waals surface area contributed by atoms with Gasteiger partial charge < -0.3 is 15.1 Å². The van der Waals surface area contributed by atoms with Crippen LogP contribution in [0.1, 0.15) is 24.8 Å². The number of nitrogens with one attached hydrogen (secondary N) is 1. The number of hydrogen-bond acceptors (Lipinski definition) is 4. The fraction of sp³-hybridized carbons (Fsp3) is 0.765. The standard InChI is InChI=1S/C17H29N3S/c1-19-9-2-3-16-13-20(10-5-17(16)19)11-8-18-7-4-15-6-12-21-14-15/h6,12,14,16-18H,2-5,7-11,13H2,1H3. The molecular weight excluding hydrogens is 278 g/mol. The summed E-state index contributed by atoms with van der Waals surface area (Å²) < 4.78 is 0. The first-order chi connectivity index (χ1) is 10.3. The van der Waals surface area contributed by atoms with Crippen LogP contribution in [0.5, 0.6) is 0 Å². The number of rotatable bonds is 6. The molecule has 2 unspecified atom stereocenters. The Balaban J connectivity index is 1.31. The molecule has 2 saturated heterocycles. The van der Waals surface area contributed by atoms with Crippen LogP contribution >= 0.6 is 11.3 Å². The highest BCUT2D eigenvalue weighted by Gasteiger charge is 2.33. The van der Waals surface area contributed by atoms with E-state index in [0.29, 0.717) is 0 Å². The smallest absolute Gasteiger partial charge is 0.0145 e. The summed E-state index contributed by atoms with van der Waals surface area (Å²) in [6, 6.07) is 3.10. The van der Waals surface area contributed by atoms with Gasteiger partial charge in [0.05, 0.1) is 0 Å². The van der Waals surface area contributed by atoms with Gasteiger partial charge in [0.1, 0.15) is 0 Å². The van der Waals surface area contributed by atoms with Crippen LogP contribution in [0.15, 0.2) is 16.8 Å². The molecule has 4 heteroatoms. The van der Waals surface area contributed by atoms with Gasteiger partial charge in [0.2, 0.25) is 0 Å². The second-order valence-corrected chi connectivity index (χ2v) is 7.45. The van der Waals surface area contributed by atoms with E-state index in [1.54, 1.807) is 11.3 Å². The Morgan fingerprint density at radius 1 is 1.29 bits per heavy atom. The van der Waals surface area contributed by atoms with Gasteiger partial charge in [-0.3, -0.25) is 0 Å². The van der Waals surface area contributed by atoms with E-state index in [1.807, 2.05) is 0 Å². The monoisotopic (exact) mass is 307 g/mol. The third kappa shape index (κ3) is 4.28. The van der Waals surface area contributed by atoms with E-state index in [-0.39, 0.29) is 0 Å². The Morgan fingerprint density at radius 3 is 3.10 bits per heavy atom. The second-order valence-electron chi connectivity index (χ2n) is 6.67. The van der Waals surface area contributed by atoms with Gasteiger partial charge in [-0.2, -0.15) is 11.3 Å². The third-order valence-electron chi connectivity index (χ3n) is 5.21. The third-order valence-corrected chi connectivity index (χ3v) is 5.94. The number of thiophene rings is 1. The van der Waals surface area contributed by atoms with E-state index < -0.39 is 0 Å². The summed E-state index contributed by atoms with van der Waals surface area (Å²) >= 11 is 1.80. The minimum Gasteiger partial charge on any atom is -0.315 e. The molecule has 0 aromatic carbocycles. The molecule has 1 aromatic rings. The van der Waals surface area contributed by atoms with Crippen LogP contribution in [0.2, 0.25) is 0 Å². The average Bonchev–Trinajstić information content (AvgIpc) is 3.00. The molecule has 2 fully saturated rings. The van der Waals surface area contributed by atoms with Crippen molar-refractivity contribution in [2.75, 3.05) is 46.3 Å². The Hall–Kier alpha value is -0.420. The van der Waals surface area contributed by atoms with Crippen LogP contribution in [0.4, 0.5) is 0 Å². The first-order valence-electron chi connectivity index (χ1n) is 8.47. The Kier molecular flexibility index (Phi) is 5.69. The molecule has 1 N–H and O–H groups in total. The van der Waals surface area contributed by atoms with Crippen LogP contribution in [-0.4, -0.2) is 62.2 Å². The summed E-state index contributed by atoms with van der Waals surface area (Å²) in [4.78, 5) is 5.28. The zero-order valence-corrected chi connectivity index (χ0v) is 14.1. The van der Waals surface area contributed by atoms with Crippen molar-refractivity contribution in [1.82, 2.24) is 15.1 Å². The normalized spacial score (nSPS) is 27.7. The van der Waals surface area contributed by atoms with Crippen molar-refractivity contribution >= 4 is 11.3 Å². The van der Waals surface area contributed by atoms with E-state index >= 15 is 0 Å². The SMILES string of the molecule is CN1CCCC2CN(CCNCCc3ccsc3)CCC21. The molecule has 0 amide bonds. The van der Waals surface area contributed by atoms with Crippen LogP contribution in [0.25, 0.3) is 0 Å². The van der Waals surface area contributed by atoms with Crippen LogP contribution < -0.4 is 5.32 Å². The van der Waals surface area contributed by atoms with Crippen molar-refractivity contribution in [3.05, 3.63) is 22.4 Å². The predicted octanol–water partition coefficient (Wildman–Crippen LogP) is 2.30. The van der Waals surface area contributed by atoms with E-state index in [1.165, 1.54) is 57.4 Å². The Morgan fingerprint density at radius 2 is 2.24 bits per heavy atom. The highest BCUT2D eigenvalue weighted by atomic mass is 32.1. The molecule has 0 radical (unpaired) electrons. The molecule has 3 rings (SSSR count). The van der Waals surface area contributed by atoms with Crippen molar-refractivity contribution in [3.8, 4) is 0 Å². The first kappa shape index (κ1) is 15.5. The van der Waals surface area contributed by atoms with Crippen LogP contribution in [0, 0.1) is 5.92 Å². The molecule has 1 aromatic heterocycles. The number of nitrogens with zero attached hydrogens (tertiary/aromatic N) is 2. The van der Waals surface area contributed by atoms with E-state index in [9.17, 15) is 0 Å². The van der Waals surface area contributed by atoms with Gasteiger partial charge >= 0.3 is 0 Å². The summed E-state index contributed by atoms with van der Waals surface area (Å²) in [7, 11) is 2.32. The van der Waals surface area contributed by atoms with E-state index in [4.69, 9.17) is 0 Å². The number of hydrogen-bond donors (Lipinski definition) is 1. The van der Waals surface area contributed by atoms with Crippen LogP contribution in [-0.2, 0) is 6.42 Å². The summed E-state index contributed by atoms with van der Waals surface area (Å²) in [5.74, 6) is 0.920. The Labute approximate surface area is 133 Å². The van der Waals surface area contributed by atoms with Crippen molar-refractivity contribution in [3.63, 3.8) is 0 Å². The molecular formula is C17H29N3S. The van der Waals surface area contributed by atoms with E-state index in [0.717, 1.165) is 25.0 Å². The van der Waals surface area contributed by atoms with Gasteiger partial charge in [-0.05, 0) is 80.7 Å². The molecule has 2 aliphatic heterocycles. The fourth-order valence-corrected chi connectivity index (χ4v) is 4.66. The predicted molar refractivity (Wildman–Crippen MR) is 91.1 cm³/mol. The highest BCUT2D eigenvalue weighted by Crippen LogP contribution is 2.29. The van der Waals surface area contributed by atoms with Gasteiger partial charge in [0, 0.05) is 25.7 Å². The van der Waals surface area contributed by atoms with Gasteiger partial charge in [-0.25, -0.2) is 0 Å². The lowest BCUT2D eigenvalue weighted by Crippen LogP contribution is -2.53. The summed E-state index contributed by atoms with van der Waals surface area (Å²) in [5.41, 5.74) is 1.47. The number of fused-ring (bicyclic) bond motifs is 1. The molecule has 0 saturated carbocycles. The molecule has 21 heavy (non-hydrogen) atoms. The molecule has 3 heterocycles. The molecule has 3 nitrogen and oxygen atoms in total. The minimum atomic E-state index is 0.863. The van der Waals surface area contributed by atoms with Crippen molar-refractivity contribution in [1.29, 1.82) is 0 Å². The fourth-order valence-electron chi connectivity index (χ4n) is 3.96. The maximum Gasteiger partial charge on any atom is 0.0145 e. The average molecular weight is 308 g/mol. The summed E-state index contributed by atoms with van der Waals surface area (Å²) in [5, 5.41) is 8.03. The van der Waals surface area contributed by atoms with Gasteiger partial charge in [0.25, 0.3) is 0 Å². The zero-order valence-electron chi connectivity index (χ0n) is 13.3. The van der Waals surface area contributed by atoms with Gasteiger partial charge in [0.15, 0.2) is 0 Å². The lowest BCUT2D eigenvalue weighted by molar-refractivity contribution is 0.0391. The molecule has 2 aliphatic rings. The number of piperidine rings is 2. The topological polar surface area (TPSA) is 18.5 Å². The molecule has 0 spiro atoms. The molecule has 118 valence electrons. The minimum absolute atomic E-state index is 0.863. The number of likely N-dealkylation sites (tertiary alicyclic amines) is 2. The van der Waals surface area contributed by atoms with Gasteiger partial charge in [-0.1, -0.05) is 0 Å². The summed E-state index contributed by atoms with van der Waals surface area (Å²) in [6.45, 7) is 7.39. The molecule has 0 aliphatic carbocycles. The molecule has 2 atom stereocenters. The van der Waals surface area contributed by atoms with Crippen molar-refractivity contribution in [2.45, 2.75) is 31.7 Å². The lowest BCUT2D eigenvalue weighted by Gasteiger charge is -2.46. The lowest BCUT2D eigenvalue weighted by atomic mass is 9.84. The molecule has 0 bridgehead atoms. The van der Waals surface area contributed by atoms with E-state index in [2.05, 4.69) is 39.0 Å². The maximum absolute atomic E-state index is 3.60. The second kappa shape index (κ2) is 7.73. The quantitative estimate of drug-likeness (QED) is 0.814. The maximum atomic E-state index is 3.60. The first-order valence-corrected chi connectivity index (χ1v) is 9.41. The van der Waals surface area contributed by atoms with Crippen molar-refractivity contribution < 1.29 is 0 Å². The van der Waals surface area contributed by atoms with Crippen molar-refractivity contribution in [2.24, 2.45) is 5.92 Å². The summed E-state index contributed by atoms with van der Waals surface area (Å²) in [6.07, 6.45) is 5.37. The Bertz CT molecular complexity index is 406. The van der Waals surface area contributed by atoms with Gasteiger partial charge in [-0.15, -0.1) is 0 Å². The van der Waals surface area contributed by atoms with Crippen LogP contribution in [0.3, 0.4) is 0 Å². The zero-order chi connectivity index (χ0) is 14.5. The highest BCUT2D eigenvalue weighted by molar-refractivity contribution is 7.07. The largest absolute Gasteiger partial charge is 0.315 e.